The number of phenolic OH excluding ortho intramolecular Hbond substituents is 1. The lowest BCUT2D eigenvalue weighted by Crippen LogP contribution is -2.58. The summed E-state index contributed by atoms with van der Waals surface area (Å²) < 4.78 is 9.90. The maximum absolute atomic E-state index is 13.8. The number of carbonyl (C=O) groups is 4. The molecule has 2 atom stereocenters. The second kappa shape index (κ2) is 12.1. The molecule has 1 fully saturated rings. The molecule has 0 aromatic heterocycles. The van der Waals surface area contributed by atoms with Crippen molar-refractivity contribution in [3.05, 3.63) is 29.3 Å². The fourth-order valence-corrected chi connectivity index (χ4v) is 3.86. The lowest BCUT2D eigenvalue weighted by Gasteiger charge is -2.43. The number of aryl methyl sites for hydroxylation is 1. The first-order valence-corrected chi connectivity index (χ1v) is 12.1. The van der Waals surface area contributed by atoms with E-state index in [9.17, 15) is 24.3 Å². The van der Waals surface area contributed by atoms with Gasteiger partial charge in [0.05, 0.1) is 7.11 Å². The van der Waals surface area contributed by atoms with Gasteiger partial charge in [-0.15, -0.1) is 0 Å². The zero-order valence-electron chi connectivity index (χ0n) is 20.8. The van der Waals surface area contributed by atoms with E-state index in [1.54, 1.807) is 39.8 Å². The van der Waals surface area contributed by atoms with E-state index >= 15 is 0 Å². The van der Waals surface area contributed by atoms with Crippen LogP contribution in [0, 0.1) is 6.92 Å². The molecular formula is C24H35N3O7S. The predicted octanol–water partition coefficient (Wildman–Crippen LogP) is 2.24. The monoisotopic (exact) mass is 509 g/mol. The SMILES string of the molecule is COC(=O)CNC(=O)C(c1ccc(O)c(C)c1)N(C(=O)C(CS)NC(=O)OC(C)(C)C)C1CCC1. The number of carbonyl (C=O) groups excluding carboxylic acids is 4. The van der Waals surface area contributed by atoms with E-state index in [4.69, 9.17) is 4.74 Å². The number of esters is 1. The summed E-state index contributed by atoms with van der Waals surface area (Å²) in [6, 6.07) is 2.20. The molecule has 3 N–H and O–H groups in total. The van der Waals surface area contributed by atoms with Crippen molar-refractivity contribution in [3.63, 3.8) is 0 Å². The molecule has 0 spiro atoms. The average molecular weight is 510 g/mol. The molecule has 0 radical (unpaired) electrons. The van der Waals surface area contributed by atoms with Crippen LogP contribution in [-0.4, -0.2) is 71.0 Å². The Morgan fingerprint density at radius 3 is 2.37 bits per heavy atom. The number of rotatable bonds is 9. The molecule has 1 saturated carbocycles. The fourth-order valence-electron chi connectivity index (χ4n) is 3.61. The summed E-state index contributed by atoms with van der Waals surface area (Å²) in [4.78, 5) is 52.6. The van der Waals surface area contributed by atoms with Crippen molar-refractivity contribution in [2.45, 2.75) is 70.7 Å². The molecule has 1 aliphatic rings. The maximum atomic E-state index is 13.8. The third-order valence-electron chi connectivity index (χ3n) is 5.59. The van der Waals surface area contributed by atoms with Crippen molar-refractivity contribution in [1.29, 1.82) is 0 Å². The maximum Gasteiger partial charge on any atom is 0.408 e. The largest absolute Gasteiger partial charge is 0.508 e. The smallest absolute Gasteiger partial charge is 0.408 e. The van der Waals surface area contributed by atoms with Crippen LogP contribution in [0.15, 0.2) is 18.2 Å². The Bertz CT molecular complexity index is 944. The van der Waals surface area contributed by atoms with Gasteiger partial charge in [-0.3, -0.25) is 14.4 Å². The van der Waals surface area contributed by atoms with Crippen LogP contribution in [0.5, 0.6) is 5.75 Å². The highest BCUT2D eigenvalue weighted by atomic mass is 32.1. The van der Waals surface area contributed by atoms with Gasteiger partial charge in [-0.2, -0.15) is 12.6 Å². The molecule has 0 heterocycles. The van der Waals surface area contributed by atoms with E-state index in [-0.39, 0.29) is 24.1 Å². The van der Waals surface area contributed by atoms with Gasteiger partial charge >= 0.3 is 12.1 Å². The molecule has 1 aromatic carbocycles. The Hall–Kier alpha value is -2.95. The van der Waals surface area contributed by atoms with Crippen molar-refractivity contribution < 1.29 is 33.8 Å². The summed E-state index contributed by atoms with van der Waals surface area (Å²) >= 11 is 4.26. The van der Waals surface area contributed by atoms with Crippen LogP contribution in [-0.2, 0) is 23.9 Å². The molecule has 0 saturated heterocycles. The van der Waals surface area contributed by atoms with E-state index in [0.717, 1.165) is 6.42 Å². The number of nitrogens with one attached hydrogen (secondary N) is 2. The van der Waals surface area contributed by atoms with E-state index in [0.29, 0.717) is 24.0 Å². The number of ether oxygens (including phenoxy) is 2. The van der Waals surface area contributed by atoms with E-state index < -0.39 is 41.6 Å². The van der Waals surface area contributed by atoms with Gasteiger partial charge in [-0.1, -0.05) is 6.07 Å². The first-order valence-electron chi connectivity index (χ1n) is 11.4. The summed E-state index contributed by atoms with van der Waals surface area (Å²) in [7, 11) is 1.21. The van der Waals surface area contributed by atoms with Gasteiger partial charge in [0.1, 0.15) is 30.0 Å². The highest BCUT2D eigenvalue weighted by Crippen LogP contribution is 2.35. The summed E-state index contributed by atoms with van der Waals surface area (Å²) in [5, 5.41) is 15.1. The topological polar surface area (TPSA) is 134 Å². The minimum absolute atomic E-state index is 0.0214. The Kier molecular flexibility index (Phi) is 9.82. The fraction of sp³-hybridized carbons (Fsp3) is 0.583. The Labute approximate surface area is 211 Å². The molecule has 35 heavy (non-hydrogen) atoms. The zero-order chi connectivity index (χ0) is 26.3. The molecule has 194 valence electrons. The van der Waals surface area contributed by atoms with Crippen LogP contribution in [0.4, 0.5) is 4.79 Å². The third-order valence-corrected chi connectivity index (χ3v) is 5.96. The number of amides is 3. The van der Waals surface area contributed by atoms with Gasteiger partial charge in [-0.05, 0) is 70.2 Å². The number of hydrogen-bond acceptors (Lipinski definition) is 8. The standard InChI is InChI=1S/C24H35N3O7S/c1-14-11-15(9-10-18(14)28)20(21(30)25-12-19(29)33-5)27(16-7-6-8-16)22(31)17(13-35)26-23(32)34-24(2,3)4/h9-11,16-17,20,28,35H,6-8,12-13H2,1-5H3,(H,25,30)(H,26,32). The van der Waals surface area contributed by atoms with E-state index in [1.807, 2.05) is 0 Å². The van der Waals surface area contributed by atoms with Crippen LogP contribution in [0.1, 0.15) is 57.2 Å². The number of thiol groups is 1. The van der Waals surface area contributed by atoms with Crippen molar-refractivity contribution in [2.75, 3.05) is 19.4 Å². The quantitative estimate of drug-likeness (QED) is 0.296. The molecule has 3 amide bonds. The minimum atomic E-state index is -1.11. The zero-order valence-corrected chi connectivity index (χ0v) is 21.7. The molecule has 0 aliphatic heterocycles. The predicted molar refractivity (Wildman–Crippen MR) is 132 cm³/mol. The summed E-state index contributed by atoms with van der Waals surface area (Å²) in [5.41, 5.74) is 0.215. The van der Waals surface area contributed by atoms with Gasteiger partial charge in [0.25, 0.3) is 0 Å². The molecule has 1 aliphatic carbocycles. The number of hydrogen-bond donors (Lipinski definition) is 4. The van der Waals surface area contributed by atoms with Gasteiger partial charge in [0, 0.05) is 11.8 Å². The van der Waals surface area contributed by atoms with Crippen molar-refractivity contribution >= 4 is 36.5 Å². The number of nitrogens with zero attached hydrogens (tertiary/aromatic N) is 1. The molecular weight excluding hydrogens is 474 g/mol. The van der Waals surface area contributed by atoms with Gasteiger partial charge in [-0.25, -0.2) is 4.79 Å². The summed E-state index contributed by atoms with van der Waals surface area (Å²) in [5.74, 6) is -1.70. The number of methoxy groups -OCH3 is 1. The van der Waals surface area contributed by atoms with Crippen molar-refractivity contribution in [1.82, 2.24) is 15.5 Å². The van der Waals surface area contributed by atoms with Gasteiger partial charge < -0.3 is 30.1 Å². The Morgan fingerprint density at radius 1 is 1.23 bits per heavy atom. The first-order chi connectivity index (χ1) is 16.4. The highest BCUT2D eigenvalue weighted by molar-refractivity contribution is 7.80. The highest BCUT2D eigenvalue weighted by Gasteiger charge is 2.42. The number of aromatic hydroxyl groups is 1. The van der Waals surface area contributed by atoms with E-state index in [1.165, 1.54) is 18.1 Å². The van der Waals surface area contributed by atoms with Crippen LogP contribution < -0.4 is 10.6 Å². The lowest BCUT2D eigenvalue weighted by molar-refractivity contribution is -0.148. The summed E-state index contributed by atoms with van der Waals surface area (Å²) in [6.07, 6.45) is 1.46. The average Bonchev–Trinajstić information content (AvgIpc) is 2.74. The Morgan fingerprint density at radius 2 is 1.89 bits per heavy atom. The number of benzene rings is 1. The molecule has 2 unspecified atom stereocenters. The molecule has 11 heteroatoms. The van der Waals surface area contributed by atoms with Crippen LogP contribution >= 0.6 is 12.6 Å². The van der Waals surface area contributed by atoms with Gasteiger partial charge in [0.2, 0.25) is 11.8 Å². The normalized spacial score (nSPS) is 15.3. The minimum Gasteiger partial charge on any atom is -0.508 e. The van der Waals surface area contributed by atoms with Crippen LogP contribution in [0.25, 0.3) is 0 Å². The van der Waals surface area contributed by atoms with Crippen LogP contribution in [0.3, 0.4) is 0 Å². The first kappa shape index (κ1) is 28.3. The van der Waals surface area contributed by atoms with E-state index in [2.05, 4.69) is 28.0 Å². The van der Waals surface area contributed by atoms with Crippen molar-refractivity contribution in [2.24, 2.45) is 0 Å². The second-order valence-electron chi connectivity index (χ2n) is 9.45. The molecule has 2 rings (SSSR count). The molecule has 1 aromatic rings. The Balaban J connectivity index is 2.44. The number of phenols is 1. The summed E-state index contributed by atoms with van der Waals surface area (Å²) in [6.45, 7) is 6.43. The lowest BCUT2D eigenvalue weighted by atomic mass is 9.88. The molecule has 10 nitrogen and oxygen atoms in total. The second-order valence-corrected chi connectivity index (χ2v) is 9.82. The molecule has 0 bridgehead atoms. The van der Waals surface area contributed by atoms with Crippen molar-refractivity contribution in [3.8, 4) is 5.75 Å². The van der Waals surface area contributed by atoms with Crippen LogP contribution in [0.2, 0.25) is 0 Å². The van der Waals surface area contributed by atoms with Gasteiger partial charge in [0.15, 0.2) is 0 Å². The number of alkyl carbamates (subject to hydrolysis) is 1. The third kappa shape index (κ3) is 7.78.